The van der Waals surface area contributed by atoms with Gasteiger partial charge in [-0.05, 0) is 47.9 Å². The van der Waals surface area contributed by atoms with Crippen molar-refractivity contribution >= 4 is 21.8 Å². The Bertz CT molecular complexity index is 606. The summed E-state index contributed by atoms with van der Waals surface area (Å²) in [6, 6.07) is 15.3. The number of nitrogens with one attached hydrogen (secondary N) is 1. The quantitative estimate of drug-likeness (QED) is 0.775. The third-order valence-electron chi connectivity index (χ3n) is 3.31. The van der Waals surface area contributed by atoms with Gasteiger partial charge in [-0.2, -0.15) is 0 Å². The molecule has 0 radical (unpaired) electrons. The van der Waals surface area contributed by atoms with Crippen LogP contribution in [0.4, 0.5) is 0 Å². The summed E-state index contributed by atoms with van der Waals surface area (Å²) in [7, 11) is 0. The molecule has 2 aromatic rings. The van der Waals surface area contributed by atoms with E-state index < -0.39 is 0 Å². The van der Waals surface area contributed by atoms with E-state index in [2.05, 4.69) is 47.2 Å². The van der Waals surface area contributed by atoms with E-state index in [0.717, 1.165) is 10.2 Å². The van der Waals surface area contributed by atoms with Crippen molar-refractivity contribution in [3.63, 3.8) is 0 Å². The minimum Gasteiger partial charge on any atom is -0.492 e. The van der Waals surface area contributed by atoms with Gasteiger partial charge in [0.05, 0.1) is 6.54 Å². The van der Waals surface area contributed by atoms with Gasteiger partial charge in [-0.1, -0.05) is 41.9 Å². The van der Waals surface area contributed by atoms with Crippen molar-refractivity contribution in [3.05, 3.63) is 64.1 Å². The van der Waals surface area contributed by atoms with E-state index in [1.165, 1.54) is 5.56 Å². The van der Waals surface area contributed by atoms with E-state index in [9.17, 15) is 4.79 Å². The summed E-state index contributed by atoms with van der Waals surface area (Å²) < 4.78 is 6.58. The molecule has 0 saturated heterocycles. The molecule has 0 heterocycles. The third kappa shape index (κ3) is 4.88. The molecular weight excluding hydrogens is 342 g/mol. The first-order chi connectivity index (χ1) is 10.6. The third-order valence-corrected chi connectivity index (χ3v) is 3.84. The van der Waals surface area contributed by atoms with Crippen molar-refractivity contribution in [2.75, 3.05) is 13.2 Å². The van der Waals surface area contributed by atoms with Gasteiger partial charge in [0.15, 0.2) is 0 Å². The molecule has 2 rings (SSSR count). The second kappa shape index (κ2) is 7.99. The molecular formula is C18H20BrNO2. The topological polar surface area (TPSA) is 38.3 Å². The van der Waals surface area contributed by atoms with Crippen molar-refractivity contribution < 1.29 is 9.53 Å². The van der Waals surface area contributed by atoms with Crippen LogP contribution in [0.1, 0.15) is 35.7 Å². The summed E-state index contributed by atoms with van der Waals surface area (Å²) in [4.78, 5) is 11.9. The van der Waals surface area contributed by atoms with Crippen molar-refractivity contribution in [2.24, 2.45) is 0 Å². The van der Waals surface area contributed by atoms with Crippen LogP contribution >= 0.6 is 15.9 Å². The maximum Gasteiger partial charge on any atom is 0.251 e. The van der Waals surface area contributed by atoms with E-state index in [4.69, 9.17) is 4.74 Å². The Labute approximate surface area is 139 Å². The minimum atomic E-state index is -0.0914. The van der Waals surface area contributed by atoms with E-state index in [1.807, 2.05) is 24.3 Å². The second-order valence-electron chi connectivity index (χ2n) is 5.33. The van der Waals surface area contributed by atoms with Crippen molar-refractivity contribution in [1.29, 1.82) is 0 Å². The lowest BCUT2D eigenvalue weighted by Crippen LogP contribution is -2.28. The van der Waals surface area contributed by atoms with Crippen LogP contribution in [0.3, 0.4) is 0 Å². The second-order valence-corrected chi connectivity index (χ2v) is 6.25. The molecule has 4 heteroatoms. The molecule has 0 aliphatic heterocycles. The Morgan fingerprint density at radius 3 is 2.32 bits per heavy atom. The lowest BCUT2D eigenvalue weighted by Gasteiger charge is -2.10. The maximum absolute atomic E-state index is 11.9. The van der Waals surface area contributed by atoms with Crippen molar-refractivity contribution in [3.8, 4) is 5.75 Å². The number of hydrogen-bond donors (Lipinski definition) is 1. The number of halogens is 1. The van der Waals surface area contributed by atoms with Crippen LogP contribution in [0.15, 0.2) is 53.0 Å². The molecule has 0 aliphatic carbocycles. The van der Waals surface area contributed by atoms with Crippen LogP contribution in [-0.4, -0.2) is 19.1 Å². The van der Waals surface area contributed by atoms with Gasteiger partial charge in [-0.3, -0.25) is 4.79 Å². The first-order valence-corrected chi connectivity index (χ1v) is 8.12. The highest BCUT2D eigenvalue weighted by Crippen LogP contribution is 2.18. The summed E-state index contributed by atoms with van der Waals surface area (Å²) in [5.41, 5.74) is 1.93. The molecule has 1 amide bonds. The fourth-order valence-electron chi connectivity index (χ4n) is 1.99. The van der Waals surface area contributed by atoms with Crippen LogP contribution in [0, 0.1) is 0 Å². The normalized spacial score (nSPS) is 10.5. The van der Waals surface area contributed by atoms with E-state index in [0.29, 0.717) is 24.6 Å². The van der Waals surface area contributed by atoms with E-state index >= 15 is 0 Å². The van der Waals surface area contributed by atoms with E-state index in [-0.39, 0.29) is 5.91 Å². The van der Waals surface area contributed by atoms with Gasteiger partial charge in [0.2, 0.25) is 0 Å². The average molecular weight is 362 g/mol. The van der Waals surface area contributed by atoms with Gasteiger partial charge in [0.1, 0.15) is 12.4 Å². The van der Waals surface area contributed by atoms with Crippen LogP contribution in [0.5, 0.6) is 5.75 Å². The van der Waals surface area contributed by atoms with Gasteiger partial charge < -0.3 is 10.1 Å². The molecule has 0 aromatic heterocycles. The van der Waals surface area contributed by atoms with Gasteiger partial charge in [-0.15, -0.1) is 0 Å². The highest BCUT2D eigenvalue weighted by Gasteiger charge is 2.04. The largest absolute Gasteiger partial charge is 0.492 e. The summed E-state index contributed by atoms with van der Waals surface area (Å²) in [6.07, 6.45) is 0. The van der Waals surface area contributed by atoms with Crippen LogP contribution < -0.4 is 10.1 Å². The molecule has 22 heavy (non-hydrogen) atoms. The molecule has 0 fully saturated rings. The van der Waals surface area contributed by atoms with Gasteiger partial charge in [0, 0.05) is 10.0 Å². The molecule has 0 unspecified atom stereocenters. The van der Waals surface area contributed by atoms with Crippen molar-refractivity contribution in [1.82, 2.24) is 5.32 Å². The Hall–Kier alpha value is -1.81. The Kier molecular flexibility index (Phi) is 6.01. The fraction of sp³-hybridized carbons (Fsp3) is 0.278. The summed E-state index contributed by atoms with van der Waals surface area (Å²) in [5.74, 6) is 1.24. The Morgan fingerprint density at radius 1 is 1.09 bits per heavy atom. The molecule has 3 nitrogen and oxygen atoms in total. The molecule has 0 saturated carbocycles. The zero-order valence-electron chi connectivity index (χ0n) is 12.8. The number of amides is 1. The highest BCUT2D eigenvalue weighted by atomic mass is 79.9. The average Bonchev–Trinajstić information content (AvgIpc) is 2.52. The number of carbonyl (C=O) groups is 1. The summed E-state index contributed by atoms with van der Waals surface area (Å²) >= 11 is 3.35. The van der Waals surface area contributed by atoms with Crippen molar-refractivity contribution in [2.45, 2.75) is 19.8 Å². The predicted molar refractivity (Wildman–Crippen MR) is 92.5 cm³/mol. The highest BCUT2D eigenvalue weighted by molar-refractivity contribution is 9.10. The first kappa shape index (κ1) is 16.6. The molecule has 0 aliphatic rings. The van der Waals surface area contributed by atoms with Crippen LogP contribution in [-0.2, 0) is 0 Å². The minimum absolute atomic E-state index is 0.0914. The SMILES string of the molecule is CC(C)c1ccc(OCCNC(=O)c2ccc(Br)cc2)cc1. The zero-order chi connectivity index (χ0) is 15.9. The first-order valence-electron chi connectivity index (χ1n) is 7.33. The molecule has 1 N–H and O–H groups in total. The number of carbonyl (C=O) groups excluding carboxylic acids is 1. The van der Waals surface area contributed by atoms with Gasteiger partial charge in [-0.25, -0.2) is 0 Å². The number of benzene rings is 2. The standard InChI is InChI=1S/C18H20BrNO2/c1-13(2)14-5-9-17(10-6-14)22-12-11-20-18(21)15-3-7-16(19)8-4-15/h3-10,13H,11-12H2,1-2H3,(H,20,21). The summed E-state index contributed by atoms with van der Waals surface area (Å²) in [6.45, 7) is 5.24. The molecule has 2 aromatic carbocycles. The maximum atomic E-state index is 11.9. The summed E-state index contributed by atoms with van der Waals surface area (Å²) in [5, 5.41) is 2.84. The smallest absolute Gasteiger partial charge is 0.251 e. The molecule has 116 valence electrons. The molecule has 0 bridgehead atoms. The molecule has 0 atom stereocenters. The lowest BCUT2D eigenvalue weighted by molar-refractivity contribution is 0.0947. The number of rotatable bonds is 6. The zero-order valence-corrected chi connectivity index (χ0v) is 14.4. The van der Waals surface area contributed by atoms with Gasteiger partial charge in [0.25, 0.3) is 5.91 Å². The molecule has 0 spiro atoms. The van der Waals surface area contributed by atoms with Crippen LogP contribution in [0.25, 0.3) is 0 Å². The Morgan fingerprint density at radius 2 is 1.73 bits per heavy atom. The number of ether oxygens (including phenoxy) is 1. The van der Waals surface area contributed by atoms with E-state index in [1.54, 1.807) is 12.1 Å². The number of hydrogen-bond acceptors (Lipinski definition) is 2. The predicted octanol–water partition coefficient (Wildman–Crippen LogP) is 4.38. The fourth-order valence-corrected chi connectivity index (χ4v) is 2.25. The lowest BCUT2D eigenvalue weighted by atomic mass is 10.0. The monoisotopic (exact) mass is 361 g/mol. The van der Waals surface area contributed by atoms with Crippen LogP contribution in [0.2, 0.25) is 0 Å². The van der Waals surface area contributed by atoms with Gasteiger partial charge >= 0.3 is 0 Å². The Balaban J connectivity index is 1.74.